The maximum atomic E-state index is 3.44. The number of hydrogen-bond donors (Lipinski definition) is 1. The van der Waals surface area contributed by atoms with Gasteiger partial charge in [0.05, 0.1) is 0 Å². The highest BCUT2D eigenvalue weighted by Crippen LogP contribution is 2.52. The smallest absolute Gasteiger partial charge is 0.0126 e. The Bertz CT molecular complexity index is 141. The molecule has 1 aliphatic rings. The summed E-state index contributed by atoms with van der Waals surface area (Å²) >= 11 is 0. The third-order valence-electron chi connectivity index (χ3n) is 4.24. The summed E-state index contributed by atoms with van der Waals surface area (Å²) < 4.78 is 0. The molecule has 0 bridgehead atoms. The molecule has 3 atom stereocenters. The third kappa shape index (κ3) is 1.19. The highest BCUT2D eigenvalue weighted by atomic mass is 14.9. The van der Waals surface area contributed by atoms with Crippen molar-refractivity contribution in [3.8, 4) is 0 Å². The normalized spacial score (nSPS) is 41.5. The van der Waals surface area contributed by atoms with Crippen LogP contribution in [0.5, 0.6) is 0 Å². The molecule has 1 saturated carbocycles. The monoisotopic (exact) mass is 169 g/mol. The summed E-state index contributed by atoms with van der Waals surface area (Å²) in [6.45, 7) is 9.46. The highest BCUT2D eigenvalue weighted by molar-refractivity contribution is 5.04. The molecule has 0 aliphatic heterocycles. The van der Waals surface area contributed by atoms with Crippen molar-refractivity contribution in [3.63, 3.8) is 0 Å². The van der Waals surface area contributed by atoms with E-state index in [0.717, 1.165) is 17.9 Å². The van der Waals surface area contributed by atoms with Gasteiger partial charge in [-0.15, -0.1) is 0 Å². The Labute approximate surface area is 76.9 Å². The van der Waals surface area contributed by atoms with E-state index < -0.39 is 0 Å². The molecule has 3 unspecified atom stereocenters. The van der Waals surface area contributed by atoms with Gasteiger partial charge in [0.15, 0.2) is 0 Å². The van der Waals surface area contributed by atoms with Gasteiger partial charge in [0.1, 0.15) is 0 Å². The standard InChI is InChI=1S/C11H23N/c1-6-9-7-10(12-5)11(9,4)8(2)3/h8-10,12H,6-7H2,1-5H3. The van der Waals surface area contributed by atoms with E-state index in [4.69, 9.17) is 0 Å². The van der Waals surface area contributed by atoms with Gasteiger partial charge in [0.2, 0.25) is 0 Å². The Morgan fingerprint density at radius 1 is 1.50 bits per heavy atom. The van der Waals surface area contributed by atoms with Crippen LogP contribution in [-0.2, 0) is 0 Å². The second kappa shape index (κ2) is 3.37. The molecule has 0 aromatic rings. The fourth-order valence-electron chi connectivity index (χ4n) is 2.83. The first-order chi connectivity index (χ1) is 5.57. The van der Waals surface area contributed by atoms with E-state index in [1.54, 1.807) is 0 Å². The van der Waals surface area contributed by atoms with Crippen molar-refractivity contribution >= 4 is 0 Å². The maximum Gasteiger partial charge on any atom is 0.0126 e. The zero-order valence-corrected chi connectivity index (χ0v) is 9.15. The van der Waals surface area contributed by atoms with Crippen molar-refractivity contribution in [2.24, 2.45) is 17.3 Å². The van der Waals surface area contributed by atoms with E-state index in [9.17, 15) is 0 Å². The van der Waals surface area contributed by atoms with Crippen LogP contribution in [0.15, 0.2) is 0 Å². The zero-order valence-electron chi connectivity index (χ0n) is 9.15. The quantitative estimate of drug-likeness (QED) is 0.685. The first-order valence-corrected chi connectivity index (χ1v) is 5.24. The summed E-state index contributed by atoms with van der Waals surface area (Å²) in [5.74, 6) is 1.74. The van der Waals surface area contributed by atoms with Crippen molar-refractivity contribution in [2.45, 2.75) is 46.6 Å². The zero-order chi connectivity index (χ0) is 9.35. The average molecular weight is 169 g/mol. The minimum Gasteiger partial charge on any atom is -0.316 e. The van der Waals surface area contributed by atoms with Crippen LogP contribution in [0.3, 0.4) is 0 Å². The molecule has 1 fully saturated rings. The van der Waals surface area contributed by atoms with Gasteiger partial charge in [-0.25, -0.2) is 0 Å². The number of nitrogens with one attached hydrogen (secondary N) is 1. The molecular weight excluding hydrogens is 146 g/mol. The molecule has 0 spiro atoms. The number of hydrogen-bond acceptors (Lipinski definition) is 1. The molecule has 0 aromatic carbocycles. The van der Waals surface area contributed by atoms with Crippen molar-refractivity contribution < 1.29 is 0 Å². The van der Waals surface area contributed by atoms with Crippen LogP contribution >= 0.6 is 0 Å². The van der Waals surface area contributed by atoms with Crippen LogP contribution in [0.1, 0.15) is 40.5 Å². The molecule has 1 rings (SSSR count). The topological polar surface area (TPSA) is 12.0 Å². The third-order valence-corrected chi connectivity index (χ3v) is 4.24. The fraction of sp³-hybridized carbons (Fsp3) is 1.00. The van der Waals surface area contributed by atoms with Crippen LogP contribution in [0, 0.1) is 17.3 Å². The first-order valence-electron chi connectivity index (χ1n) is 5.24. The average Bonchev–Trinajstić information content (AvgIpc) is 2.02. The molecule has 72 valence electrons. The van der Waals surface area contributed by atoms with Gasteiger partial charge in [-0.1, -0.05) is 34.1 Å². The SMILES string of the molecule is CCC1CC(NC)C1(C)C(C)C. The lowest BCUT2D eigenvalue weighted by Crippen LogP contribution is -2.59. The van der Waals surface area contributed by atoms with E-state index in [-0.39, 0.29) is 0 Å². The second-order valence-corrected chi connectivity index (χ2v) is 4.70. The van der Waals surface area contributed by atoms with Gasteiger partial charge in [-0.3, -0.25) is 0 Å². The summed E-state index contributed by atoms with van der Waals surface area (Å²) in [7, 11) is 2.09. The molecule has 1 N–H and O–H groups in total. The van der Waals surface area contributed by atoms with Gasteiger partial charge >= 0.3 is 0 Å². The predicted molar refractivity (Wildman–Crippen MR) is 54.2 cm³/mol. The van der Waals surface area contributed by atoms with Crippen molar-refractivity contribution in [3.05, 3.63) is 0 Å². The Kier molecular flexibility index (Phi) is 2.82. The summed E-state index contributed by atoms with van der Waals surface area (Å²) in [6.07, 6.45) is 2.72. The molecule has 1 nitrogen and oxygen atoms in total. The Morgan fingerprint density at radius 3 is 2.42 bits per heavy atom. The molecule has 0 amide bonds. The lowest BCUT2D eigenvalue weighted by Gasteiger charge is -2.57. The molecule has 0 aromatic heterocycles. The van der Waals surface area contributed by atoms with Crippen LogP contribution in [0.25, 0.3) is 0 Å². The summed E-state index contributed by atoms with van der Waals surface area (Å²) in [5.41, 5.74) is 0.545. The van der Waals surface area contributed by atoms with Gasteiger partial charge < -0.3 is 5.32 Å². The van der Waals surface area contributed by atoms with Gasteiger partial charge in [-0.2, -0.15) is 0 Å². The predicted octanol–water partition coefficient (Wildman–Crippen LogP) is 2.67. The van der Waals surface area contributed by atoms with Crippen LogP contribution in [0.4, 0.5) is 0 Å². The van der Waals surface area contributed by atoms with Crippen LogP contribution < -0.4 is 5.32 Å². The van der Waals surface area contributed by atoms with E-state index in [0.29, 0.717) is 5.41 Å². The Balaban J connectivity index is 2.67. The molecule has 1 aliphatic carbocycles. The largest absolute Gasteiger partial charge is 0.316 e. The van der Waals surface area contributed by atoms with Gasteiger partial charge in [0.25, 0.3) is 0 Å². The number of rotatable bonds is 3. The molecule has 0 heterocycles. The van der Waals surface area contributed by atoms with E-state index in [2.05, 4.69) is 40.1 Å². The van der Waals surface area contributed by atoms with E-state index in [1.165, 1.54) is 12.8 Å². The molecule has 12 heavy (non-hydrogen) atoms. The fourth-order valence-corrected chi connectivity index (χ4v) is 2.83. The van der Waals surface area contributed by atoms with Crippen molar-refractivity contribution in [2.75, 3.05) is 7.05 Å². The summed E-state index contributed by atoms with van der Waals surface area (Å²) in [6, 6.07) is 0.752. The van der Waals surface area contributed by atoms with Crippen molar-refractivity contribution in [1.82, 2.24) is 5.32 Å². The summed E-state index contributed by atoms with van der Waals surface area (Å²) in [4.78, 5) is 0. The Hall–Kier alpha value is -0.0400. The molecule has 0 radical (unpaired) electrons. The van der Waals surface area contributed by atoms with Crippen molar-refractivity contribution in [1.29, 1.82) is 0 Å². The molecule has 1 heteroatoms. The van der Waals surface area contributed by atoms with Gasteiger partial charge in [-0.05, 0) is 30.7 Å². The van der Waals surface area contributed by atoms with Gasteiger partial charge in [0, 0.05) is 6.04 Å². The minimum absolute atomic E-state index is 0.545. The van der Waals surface area contributed by atoms with Crippen LogP contribution in [0.2, 0.25) is 0 Å². The van der Waals surface area contributed by atoms with E-state index >= 15 is 0 Å². The highest BCUT2D eigenvalue weighted by Gasteiger charge is 2.51. The molecular formula is C11H23N. The second-order valence-electron chi connectivity index (χ2n) is 4.70. The van der Waals surface area contributed by atoms with Crippen LogP contribution in [-0.4, -0.2) is 13.1 Å². The lowest BCUT2D eigenvalue weighted by atomic mass is 9.52. The Morgan fingerprint density at radius 2 is 2.08 bits per heavy atom. The maximum absolute atomic E-state index is 3.44. The minimum atomic E-state index is 0.545. The van der Waals surface area contributed by atoms with E-state index in [1.807, 2.05) is 0 Å². The summed E-state index contributed by atoms with van der Waals surface area (Å²) in [5, 5.41) is 3.44. The first kappa shape index (κ1) is 10.0. The molecule has 0 saturated heterocycles. The lowest BCUT2D eigenvalue weighted by molar-refractivity contribution is -0.0443.